The predicted molar refractivity (Wildman–Crippen MR) is 71.3 cm³/mol. The highest BCUT2D eigenvalue weighted by molar-refractivity contribution is 5.93. The molecule has 0 spiro atoms. The van der Waals surface area contributed by atoms with Crippen LogP contribution >= 0.6 is 0 Å². The minimum atomic E-state index is 0.0402. The Kier molecular flexibility index (Phi) is 3.97. The van der Waals surface area contributed by atoms with Gasteiger partial charge in [-0.3, -0.25) is 9.78 Å². The Morgan fingerprint density at radius 1 is 1.61 bits per heavy atom. The van der Waals surface area contributed by atoms with E-state index in [1.54, 1.807) is 6.20 Å². The van der Waals surface area contributed by atoms with Crippen molar-refractivity contribution in [1.29, 1.82) is 0 Å². The van der Waals surface area contributed by atoms with Gasteiger partial charge in [0.25, 0.3) is 5.91 Å². The number of amides is 1. The molecule has 2 atom stereocenters. The summed E-state index contributed by atoms with van der Waals surface area (Å²) >= 11 is 0. The summed E-state index contributed by atoms with van der Waals surface area (Å²) in [4.78, 5) is 18.5. The number of nitrogens with zero attached hydrogens (tertiary/aromatic N) is 2. The minimum absolute atomic E-state index is 0.0402. The number of hydrogen-bond acceptors (Lipinski definition) is 3. The average molecular weight is 247 g/mol. The van der Waals surface area contributed by atoms with E-state index in [4.69, 9.17) is 5.73 Å². The van der Waals surface area contributed by atoms with Crippen LogP contribution in [-0.2, 0) is 0 Å². The summed E-state index contributed by atoms with van der Waals surface area (Å²) in [5.74, 6) is 0.449. The first kappa shape index (κ1) is 13.0. The zero-order valence-electron chi connectivity index (χ0n) is 11.1. The van der Waals surface area contributed by atoms with Crippen LogP contribution in [0.15, 0.2) is 18.3 Å². The fraction of sp³-hybridized carbons (Fsp3) is 0.571. The molecule has 1 amide bonds. The largest absolute Gasteiger partial charge is 0.337 e. The molecule has 0 bridgehead atoms. The van der Waals surface area contributed by atoms with E-state index in [1.165, 1.54) is 0 Å². The van der Waals surface area contributed by atoms with Crippen molar-refractivity contribution in [2.24, 2.45) is 11.7 Å². The van der Waals surface area contributed by atoms with Gasteiger partial charge in [0.15, 0.2) is 0 Å². The van der Waals surface area contributed by atoms with Crippen molar-refractivity contribution in [2.75, 3.05) is 13.1 Å². The molecule has 18 heavy (non-hydrogen) atoms. The zero-order chi connectivity index (χ0) is 13.1. The molecule has 2 unspecified atom stereocenters. The smallest absolute Gasteiger partial charge is 0.272 e. The first-order valence-corrected chi connectivity index (χ1v) is 6.60. The van der Waals surface area contributed by atoms with E-state index in [1.807, 2.05) is 24.0 Å². The van der Waals surface area contributed by atoms with Crippen LogP contribution in [0.4, 0.5) is 0 Å². The number of carbonyl (C=O) groups excluding carboxylic acids is 1. The monoisotopic (exact) mass is 247 g/mol. The van der Waals surface area contributed by atoms with Gasteiger partial charge in [-0.2, -0.15) is 0 Å². The molecule has 1 aliphatic rings. The topological polar surface area (TPSA) is 59.2 Å². The van der Waals surface area contributed by atoms with Crippen LogP contribution in [-0.4, -0.2) is 34.9 Å². The van der Waals surface area contributed by atoms with E-state index < -0.39 is 0 Å². The van der Waals surface area contributed by atoms with Crippen LogP contribution in [0.2, 0.25) is 0 Å². The molecule has 2 heterocycles. The lowest BCUT2D eigenvalue weighted by molar-refractivity contribution is 0.0642. The van der Waals surface area contributed by atoms with Crippen molar-refractivity contribution in [3.05, 3.63) is 29.6 Å². The van der Waals surface area contributed by atoms with Gasteiger partial charge in [0.05, 0.1) is 0 Å². The zero-order valence-corrected chi connectivity index (χ0v) is 11.1. The number of rotatable bonds is 2. The number of carbonyl (C=O) groups is 1. The summed E-state index contributed by atoms with van der Waals surface area (Å²) in [5, 5.41) is 0. The second-order valence-corrected chi connectivity index (χ2v) is 5.04. The third-order valence-corrected chi connectivity index (χ3v) is 3.82. The second-order valence-electron chi connectivity index (χ2n) is 5.04. The molecule has 4 nitrogen and oxygen atoms in total. The van der Waals surface area contributed by atoms with Gasteiger partial charge < -0.3 is 10.6 Å². The second kappa shape index (κ2) is 5.48. The average Bonchev–Trinajstić information content (AvgIpc) is 2.39. The Morgan fingerprint density at radius 2 is 2.39 bits per heavy atom. The van der Waals surface area contributed by atoms with Crippen molar-refractivity contribution in [3.8, 4) is 0 Å². The molecule has 0 aliphatic carbocycles. The predicted octanol–water partition coefficient (Wildman–Crippen LogP) is 1.59. The van der Waals surface area contributed by atoms with Crippen LogP contribution in [0.5, 0.6) is 0 Å². The fourth-order valence-corrected chi connectivity index (χ4v) is 2.53. The molecular weight excluding hydrogens is 226 g/mol. The lowest BCUT2D eigenvalue weighted by Crippen LogP contribution is -2.49. The van der Waals surface area contributed by atoms with E-state index in [9.17, 15) is 4.79 Å². The summed E-state index contributed by atoms with van der Waals surface area (Å²) in [5.41, 5.74) is 7.57. The molecule has 0 radical (unpaired) electrons. The van der Waals surface area contributed by atoms with Crippen LogP contribution in [0.3, 0.4) is 0 Å². The number of aryl methyl sites for hydroxylation is 1. The fourth-order valence-electron chi connectivity index (χ4n) is 2.53. The molecular formula is C14H21N3O. The molecule has 98 valence electrons. The number of pyridine rings is 1. The van der Waals surface area contributed by atoms with Gasteiger partial charge in [0.1, 0.15) is 5.69 Å². The third-order valence-electron chi connectivity index (χ3n) is 3.82. The molecule has 0 saturated carbocycles. The number of nitrogens with two attached hydrogens (primary N) is 1. The molecule has 1 saturated heterocycles. The summed E-state index contributed by atoms with van der Waals surface area (Å²) < 4.78 is 0. The van der Waals surface area contributed by atoms with E-state index in [-0.39, 0.29) is 11.9 Å². The highest BCUT2D eigenvalue weighted by Gasteiger charge is 2.29. The molecule has 2 rings (SSSR count). The SMILES string of the molecule is CCC1CN(C(=O)c2ncccc2C)CCC1N. The lowest BCUT2D eigenvalue weighted by atomic mass is 9.90. The highest BCUT2D eigenvalue weighted by atomic mass is 16.2. The number of hydrogen-bond donors (Lipinski definition) is 1. The molecule has 0 aromatic carbocycles. The quantitative estimate of drug-likeness (QED) is 0.863. The molecule has 1 aromatic heterocycles. The number of likely N-dealkylation sites (tertiary alicyclic amines) is 1. The van der Waals surface area contributed by atoms with Crippen LogP contribution < -0.4 is 5.73 Å². The van der Waals surface area contributed by atoms with Gasteiger partial charge in [-0.05, 0) is 30.9 Å². The van der Waals surface area contributed by atoms with Gasteiger partial charge in [0, 0.05) is 25.3 Å². The Hall–Kier alpha value is -1.42. The van der Waals surface area contributed by atoms with Crippen molar-refractivity contribution in [2.45, 2.75) is 32.7 Å². The van der Waals surface area contributed by atoms with Crippen molar-refractivity contribution in [1.82, 2.24) is 9.88 Å². The maximum absolute atomic E-state index is 12.4. The van der Waals surface area contributed by atoms with Crippen LogP contribution in [0.25, 0.3) is 0 Å². The molecule has 2 N–H and O–H groups in total. The summed E-state index contributed by atoms with van der Waals surface area (Å²) in [6.07, 6.45) is 3.58. The van der Waals surface area contributed by atoms with Crippen molar-refractivity contribution >= 4 is 5.91 Å². The first-order chi connectivity index (χ1) is 8.63. The lowest BCUT2D eigenvalue weighted by Gasteiger charge is -2.36. The maximum Gasteiger partial charge on any atom is 0.272 e. The van der Waals surface area contributed by atoms with Crippen LogP contribution in [0, 0.1) is 12.8 Å². The van der Waals surface area contributed by atoms with E-state index in [2.05, 4.69) is 11.9 Å². The Labute approximate surface area is 108 Å². The Balaban J connectivity index is 2.13. The number of aromatic nitrogens is 1. The maximum atomic E-state index is 12.4. The van der Waals surface area contributed by atoms with Crippen molar-refractivity contribution in [3.63, 3.8) is 0 Å². The first-order valence-electron chi connectivity index (χ1n) is 6.60. The van der Waals surface area contributed by atoms with Gasteiger partial charge >= 0.3 is 0 Å². The standard InChI is InChI=1S/C14H21N3O/c1-3-11-9-17(8-6-12(11)15)14(18)13-10(2)5-4-7-16-13/h4-5,7,11-12H,3,6,8-9,15H2,1-2H3. The van der Waals surface area contributed by atoms with Gasteiger partial charge in [-0.1, -0.05) is 19.4 Å². The molecule has 4 heteroatoms. The Morgan fingerprint density at radius 3 is 3.06 bits per heavy atom. The Bertz CT molecular complexity index is 433. The molecule has 1 aliphatic heterocycles. The molecule has 1 aromatic rings. The van der Waals surface area contributed by atoms with Crippen molar-refractivity contribution < 1.29 is 4.79 Å². The van der Waals surface area contributed by atoms with Gasteiger partial charge in [0.2, 0.25) is 0 Å². The van der Waals surface area contributed by atoms with Gasteiger partial charge in [-0.25, -0.2) is 0 Å². The van der Waals surface area contributed by atoms with E-state index >= 15 is 0 Å². The normalized spacial score (nSPS) is 24.1. The van der Waals surface area contributed by atoms with E-state index in [0.29, 0.717) is 11.6 Å². The van der Waals surface area contributed by atoms with Gasteiger partial charge in [-0.15, -0.1) is 0 Å². The summed E-state index contributed by atoms with van der Waals surface area (Å²) in [7, 11) is 0. The van der Waals surface area contributed by atoms with Crippen LogP contribution in [0.1, 0.15) is 35.8 Å². The number of piperidine rings is 1. The summed E-state index contributed by atoms with van der Waals surface area (Å²) in [6.45, 7) is 5.55. The molecule has 1 fully saturated rings. The minimum Gasteiger partial charge on any atom is -0.337 e. The third kappa shape index (κ3) is 2.53. The summed E-state index contributed by atoms with van der Waals surface area (Å²) in [6, 6.07) is 4.00. The highest BCUT2D eigenvalue weighted by Crippen LogP contribution is 2.20. The van der Waals surface area contributed by atoms with E-state index in [0.717, 1.165) is 31.5 Å².